The van der Waals surface area contributed by atoms with Gasteiger partial charge in [-0.2, -0.15) is 0 Å². The van der Waals surface area contributed by atoms with Crippen molar-refractivity contribution in [3.05, 3.63) is 60.2 Å². The van der Waals surface area contributed by atoms with E-state index in [0.29, 0.717) is 31.1 Å². The van der Waals surface area contributed by atoms with Crippen molar-refractivity contribution in [3.8, 4) is 0 Å². The summed E-state index contributed by atoms with van der Waals surface area (Å²) in [7, 11) is 0. The number of likely N-dealkylation sites (tertiary alicyclic amines) is 2. The van der Waals surface area contributed by atoms with Gasteiger partial charge in [0.1, 0.15) is 6.33 Å². The average molecular weight is 408 g/mol. The molecule has 1 aromatic heterocycles. The molecular formula is C23H29N5O2. The molecule has 2 aromatic rings. The van der Waals surface area contributed by atoms with Gasteiger partial charge >= 0.3 is 0 Å². The van der Waals surface area contributed by atoms with Gasteiger partial charge in [0, 0.05) is 57.1 Å². The zero-order valence-corrected chi connectivity index (χ0v) is 17.6. The summed E-state index contributed by atoms with van der Waals surface area (Å²) in [6, 6.07) is 10.3. The van der Waals surface area contributed by atoms with Crippen molar-refractivity contribution in [2.24, 2.45) is 17.3 Å². The van der Waals surface area contributed by atoms with Gasteiger partial charge in [-0.15, -0.1) is 0 Å². The molecule has 1 spiro atoms. The molecule has 2 amide bonds. The van der Waals surface area contributed by atoms with Crippen LogP contribution in [0.25, 0.3) is 0 Å². The normalized spacial score (nSPS) is 20.4. The maximum absolute atomic E-state index is 13.0. The van der Waals surface area contributed by atoms with E-state index in [4.69, 9.17) is 0 Å². The maximum atomic E-state index is 13.0. The summed E-state index contributed by atoms with van der Waals surface area (Å²) in [6.07, 6.45) is 4.51. The summed E-state index contributed by atoms with van der Waals surface area (Å²) in [5.41, 5.74) is 1.54. The predicted octanol–water partition coefficient (Wildman–Crippen LogP) is 1.82. The lowest BCUT2D eigenvalue weighted by Gasteiger charge is -2.50. The maximum Gasteiger partial charge on any atom is 0.257 e. The first kappa shape index (κ1) is 20.5. The summed E-state index contributed by atoms with van der Waals surface area (Å²) in [6.45, 7) is 8.39. The van der Waals surface area contributed by atoms with Crippen molar-refractivity contribution in [2.45, 2.75) is 20.4 Å². The molecule has 2 aliphatic heterocycles. The van der Waals surface area contributed by atoms with E-state index < -0.39 is 0 Å². The molecule has 0 radical (unpaired) electrons. The molecule has 2 saturated heterocycles. The van der Waals surface area contributed by atoms with E-state index in [2.05, 4.69) is 46.2 Å². The number of amides is 2. The number of hydrogen-bond acceptors (Lipinski definition) is 5. The number of benzene rings is 1. The first-order chi connectivity index (χ1) is 14.5. The van der Waals surface area contributed by atoms with E-state index in [1.807, 2.05) is 23.1 Å². The van der Waals surface area contributed by atoms with Crippen molar-refractivity contribution in [2.75, 3.05) is 32.7 Å². The van der Waals surface area contributed by atoms with Crippen molar-refractivity contribution in [1.82, 2.24) is 25.1 Å². The van der Waals surface area contributed by atoms with Gasteiger partial charge in [0.05, 0.1) is 11.5 Å². The average Bonchev–Trinajstić information content (AvgIpc) is 3.11. The van der Waals surface area contributed by atoms with Crippen LogP contribution in [0.15, 0.2) is 49.1 Å². The summed E-state index contributed by atoms with van der Waals surface area (Å²) in [4.78, 5) is 37.9. The summed E-state index contributed by atoms with van der Waals surface area (Å²) in [5.74, 6) is 0.332. The Bertz CT molecular complexity index is 881. The van der Waals surface area contributed by atoms with Gasteiger partial charge in [-0.05, 0) is 11.5 Å². The van der Waals surface area contributed by atoms with Gasteiger partial charge in [0.25, 0.3) is 5.91 Å². The van der Waals surface area contributed by atoms with Crippen LogP contribution in [0.4, 0.5) is 0 Å². The molecule has 3 heterocycles. The van der Waals surface area contributed by atoms with Gasteiger partial charge in [-0.3, -0.25) is 14.5 Å². The van der Waals surface area contributed by atoms with Crippen LogP contribution in [0.5, 0.6) is 0 Å². The molecule has 1 atom stereocenters. The first-order valence-corrected chi connectivity index (χ1v) is 10.6. The van der Waals surface area contributed by atoms with E-state index in [-0.39, 0.29) is 23.1 Å². The predicted molar refractivity (Wildman–Crippen MR) is 113 cm³/mol. The summed E-state index contributed by atoms with van der Waals surface area (Å²) >= 11 is 0. The number of carbonyl (C=O) groups is 2. The number of rotatable bonds is 6. The van der Waals surface area contributed by atoms with E-state index in [1.54, 1.807) is 12.4 Å². The van der Waals surface area contributed by atoms with Crippen molar-refractivity contribution >= 4 is 11.8 Å². The third kappa shape index (κ3) is 4.21. The topological polar surface area (TPSA) is 78.4 Å². The van der Waals surface area contributed by atoms with Crippen LogP contribution >= 0.6 is 0 Å². The van der Waals surface area contributed by atoms with Crippen LogP contribution in [0.1, 0.15) is 29.8 Å². The molecule has 7 heteroatoms. The third-order valence-electron chi connectivity index (χ3n) is 6.07. The fourth-order valence-electron chi connectivity index (χ4n) is 4.59. The largest absolute Gasteiger partial charge is 0.356 e. The number of nitrogens with one attached hydrogen (secondary N) is 1. The Balaban J connectivity index is 1.47. The Labute approximate surface area is 177 Å². The first-order valence-electron chi connectivity index (χ1n) is 10.6. The molecule has 7 nitrogen and oxygen atoms in total. The van der Waals surface area contributed by atoms with Gasteiger partial charge in [0.2, 0.25) is 5.91 Å². The summed E-state index contributed by atoms with van der Waals surface area (Å²) < 4.78 is 0. The lowest BCUT2D eigenvalue weighted by Crippen LogP contribution is -2.64. The van der Waals surface area contributed by atoms with Crippen molar-refractivity contribution < 1.29 is 9.59 Å². The monoisotopic (exact) mass is 407 g/mol. The van der Waals surface area contributed by atoms with E-state index in [9.17, 15) is 9.59 Å². The highest BCUT2D eigenvalue weighted by Crippen LogP contribution is 2.45. The van der Waals surface area contributed by atoms with Crippen LogP contribution in [-0.4, -0.2) is 64.3 Å². The minimum absolute atomic E-state index is 0.0657. The summed E-state index contributed by atoms with van der Waals surface area (Å²) in [5, 5.41) is 3.12. The Morgan fingerprint density at radius 1 is 1.13 bits per heavy atom. The fraction of sp³-hybridized carbons (Fsp3) is 0.478. The molecule has 158 valence electrons. The van der Waals surface area contributed by atoms with Crippen molar-refractivity contribution in [3.63, 3.8) is 0 Å². The molecule has 0 bridgehead atoms. The second-order valence-corrected chi connectivity index (χ2v) is 9.00. The standard InChI is InChI=1S/C23H29N5O2/c1-17(2)8-26-21(29)20-12-27(11-18-6-4-3-5-7-18)13-23(20)14-28(15-23)22(30)19-9-24-16-25-10-19/h3-7,9-10,16-17,20H,8,11-15H2,1-2H3,(H,26,29). The SMILES string of the molecule is CC(C)CNC(=O)C1CN(Cc2ccccc2)CC12CN(C(=O)c1cncnc1)C2. The second kappa shape index (κ2) is 8.52. The Hall–Kier alpha value is -2.80. The van der Waals surface area contributed by atoms with Gasteiger partial charge < -0.3 is 10.2 Å². The Morgan fingerprint density at radius 3 is 2.50 bits per heavy atom. The van der Waals surface area contributed by atoms with Gasteiger partial charge in [0.15, 0.2) is 0 Å². The smallest absolute Gasteiger partial charge is 0.257 e. The lowest BCUT2D eigenvalue weighted by atomic mass is 9.71. The fourth-order valence-corrected chi connectivity index (χ4v) is 4.59. The number of nitrogens with zero attached hydrogens (tertiary/aromatic N) is 4. The lowest BCUT2D eigenvalue weighted by molar-refractivity contribution is -0.131. The van der Waals surface area contributed by atoms with Crippen LogP contribution in [0, 0.1) is 17.3 Å². The zero-order chi connectivity index (χ0) is 21.1. The number of aromatic nitrogens is 2. The highest BCUT2D eigenvalue weighted by atomic mass is 16.2. The molecule has 1 unspecified atom stereocenters. The molecule has 4 rings (SSSR count). The number of hydrogen-bond donors (Lipinski definition) is 1. The van der Waals surface area contributed by atoms with E-state index >= 15 is 0 Å². The van der Waals surface area contributed by atoms with Crippen LogP contribution in [-0.2, 0) is 11.3 Å². The molecule has 1 aromatic carbocycles. The minimum Gasteiger partial charge on any atom is -0.356 e. The number of carbonyl (C=O) groups excluding carboxylic acids is 2. The molecule has 2 fully saturated rings. The molecule has 30 heavy (non-hydrogen) atoms. The van der Waals surface area contributed by atoms with Crippen molar-refractivity contribution in [1.29, 1.82) is 0 Å². The van der Waals surface area contributed by atoms with Gasteiger partial charge in [-0.1, -0.05) is 44.2 Å². The van der Waals surface area contributed by atoms with E-state index in [0.717, 1.165) is 19.6 Å². The second-order valence-electron chi connectivity index (χ2n) is 9.00. The molecule has 0 aliphatic carbocycles. The molecular weight excluding hydrogens is 378 g/mol. The highest BCUT2D eigenvalue weighted by molar-refractivity contribution is 5.94. The quantitative estimate of drug-likeness (QED) is 0.790. The highest BCUT2D eigenvalue weighted by Gasteiger charge is 2.57. The molecule has 1 N–H and O–H groups in total. The van der Waals surface area contributed by atoms with Gasteiger partial charge in [-0.25, -0.2) is 9.97 Å². The van der Waals surface area contributed by atoms with E-state index in [1.165, 1.54) is 11.9 Å². The molecule has 0 saturated carbocycles. The van der Waals surface area contributed by atoms with Crippen LogP contribution in [0.3, 0.4) is 0 Å². The van der Waals surface area contributed by atoms with Crippen LogP contribution < -0.4 is 5.32 Å². The molecule has 2 aliphatic rings. The zero-order valence-electron chi connectivity index (χ0n) is 17.6. The minimum atomic E-state index is -0.193. The van der Waals surface area contributed by atoms with Crippen LogP contribution in [0.2, 0.25) is 0 Å². The Kier molecular flexibility index (Phi) is 5.81. The Morgan fingerprint density at radius 2 is 1.83 bits per heavy atom. The third-order valence-corrected chi connectivity index (χ3v) is 6.07.